The van der Waals surface area contributed by atoms with Gasteiger partial charge in [-0.25, -0.2) is 0 Å². The van der Waals surface area contributed by atoms with E-state index >= 15 is 0 Å². The van der Waals surface area contributed by atoms with Crippen LogP contribution < -0.4 is 5.32 Å². The molecular formula is C17H20ClNO. The lowest BCUT2D eigenvalue weighted by Crippen LogP contribution is -2.18. The zero-order valence-corrected chi connectivity index (χ0v) is 12.7. The lowest BCUT2D eigenvalue weighted by molar-refractivity contribution is 0.185. The summed E-state index contributed by atoms with van der Waals surface area (Å²) in [5, 5.41) is 4.28. The lowest BCUT2D eigenvalue weighted by atomic mass is 10.1. The lowest BCUT2D eigenvalue weighted by Gasteiger charge is -2.15. The second-order valence-electron chi connectivity index (χ2n) is 4.91. The molecule has 1 unspecified atom stereocenters. The highest BCUT2D eigenvalue weighted by molar-refractivity contribution is 6.30. The molecule has 0 saturated heterocycles. The van der Waals surface area contributed by atoms with Gasteiger partial charge in [-0.1, -0.05) is 48.0 Å². The largest absolute Gasteiger partial charge is 0.380 e. The monoisotopic (exact) mass is 289 g/mol. The first-order chi connectivity index (χ1) is 9.69. The molecule has 0 bridgehead atoms. The van der Waals surface area contributed by atoms with Crippen LogP contribution in [0.15, 0.2) is 48.5 Å². The van der Waals surface area contributed by atoms with Crippen LogP contribution in [0.2, 0.25) is 5.02 Å². The van der Waals surface area contributed by atoms with E-state index in [0.29, 0.717) is 6.61 Å². The van der Waals surface area contributed by atoms with E-state index in [1.165, 1.54) is 16.7 Å². The summed E-state index contributed by atoms with van der Waals surface area (Å²) in [6, 6.07) is 16.7. The number of hydrogen-bond donors (Lipinski definition) is 1. The van der Waals surface area contributed by atoms with E-state index in [0.717, 1.165) is 11.6 Å². The Balaban J connectivity index is 1.91. The van der Waals surface area contributed by atoms with Crippen LogP contribution in [0.25, 0.3) is 0 Å². The molecule has 1 atom stereocenters. The molecule has 0 radical (unpaired) electrons. The van der Waals surface area contributed by atoms with E-state index in [9.17, 15) is 0 Å². The van der Waals surface area contributed by atoms with Gasteiger partial charge in [0.1, 0.15) is 0 Å². The average Bonchev–Trinajstić information content (AvgIpc) is 2.46. The predicted molar refractivity (Wildman–Crippen MR) is 83.9 cm³/mol. The van der Waals surface area contributed by atoms with Crippen LogP contribution in [0, 0.1) is 0 Å². The molecule has 0 aromatic heterocycles. The molecule has 0 aliphatic rings. The third-order valence-electron chi connectivity index (χ3n) is 3.30. The minimum Gasteiger partial charge on any atom is -0.380 e. The van der Waals surface area contributed by atoms with Gasteiger partial charge in [0.25, 0.3) is 0 Å². The molecule has 2 nitrogen and oxygen atoms in total. The molecule has 20 heavy (non-hydrogen) atoms. The summed E-state index contributed by atoms with van der Waals surface area (Å²) in [6.07, 6.45) is 0. The third kappa shape index (κ3) is 4.34. The highest BCUT2D eigenvalue weighted by Crippen LogP contribution is 2.17. The van der Waals surface area contributed by atoms with Gasteiger partial charge in [0, 0.05) is 24.7 Å². The van der Waals surface area contributed by atoms with Crippen LogP contribution >= 0.6 is 11.6 Å². The Morgan fingerprint density at radius 3 is 2.45 bits per heavy atom. The van der Waals surface area contributed by atoms with Crippen LogP contribution in [-0.2, 0) is 17.9 Å². The number of methoxy groups -OCH3 is 1. The number of halogens is 1. The highest BCUT2D eigenvalue weighted by Gasteiger charge is 2.05. The average molecular weight is 290 g/mol. The van der Waals surface area contributed by atoms with Gasteiger partial charge in [-0.05, 0) is 35.7 Å². The van der Waals surface area contributed by atoms with Crippen molar-refractivity contribution in [2.75, 3.05) is 7.11 Å². The smallest absolute Gasteiger partial charge is 0.0713 e. The van der Waals surface area contributed by atoms with E-state index in [2.05, 4.69) is 42.6 Å². The second-order valence-corrected chi connectivity index (χ2v) is 5.34. The molecule has 2 aromatic rings. The number of benzene rings is 2. The molecule has 1 N–H and O–H groups in total. The molecule has 0 heterocycles. The van der Waals surface area contributed by atoms with E-state index in [1.54, 1.807) is 7.11 Å². The van der Waals surface area contributed by atoms with Crippen LogP contribution in [0.1, 0.15) is 29.7 Å². The van der Waals surface area contributed by atoms with E-state index in [1.807, 2.05) is 18.2 Å². The SMILES string of the molecule is COCc1ccc(CNC(C)c2cccc(Cl)c2)cc1. The maximum absolute atomic E-state index is 6.01. The molecule has 3 heteroatoms. The van der Waals surface area contributed by atoms with Crippen molar-refractivity contribution >= 4 is 11.6 Å². The Labute approximate surface area is 125 Å². The minimum atomic E-state index is 0.271. The van der Waals surface area contributed by atoms with Crippen molar-refractivity contribution in [2.45, 2.75) is 26.1 Å². The predicted octanol–water partition coefficient (Wildman–Crippen LogP) is 4.34. The van der Waals surface area contributed by atoms with Crippen LogP contribution in [0.4, 0.5) is 0 Å². The Morgan fingerprint density at radius 2 is 1.80 bits per heavy atom. The maximum atomic E-state index is 6.01. The fourth-order valence-corrected chi connectivity index (χ4v) is 2.28. The maximum Gasteiger partial charge on any atom is 0.0713 e. The molecule has 0 aliphatic carbocycles. The fourth-order valence-electron chi connectivity index (χ4n) is 2.08. The zero-order valence-electron chi connectivity index (χ0n) is 11.9. The van der Waals surface area contributed by atoms with Crippen molar-refractivity contribution in [3.63, 3.8) is 0 Å². The zero-order chi connectivity index (χ0) is 14.4. The molecule has 0 aliphatic heterocycles. The van der Waals surface area contributed by atoms with Crippen LogP contribution in [0.5, 0.6) is 0 Å². The van der Waals surface area contributed by atoms with Crippen molar-refractivity contribution in [3.05, 3.63) is 70.2 Å². The Kier molecular flexibility index (Phi) is 5.60. The van der Waals surface area contributed by atoms with Gasteiger partial charge in [-0.2, -0.15) is 0 Å². The molecule has 2 rings (SSSR count). The van der Waals surface area contributed by atoms with Gasteiger partial charge in [0.05, 0.1) is 6.61 Å². The van der Waals surface area contributed by atoms with Crippen molar-refractivity contribution in [3.8, 4) is 0 Å². The molecule has 0 amide bonds. The van der Waals surface area contributed by atoms with E-state index in [-0.39, 0.29) is 6.04 Å². The molecule has 0 saturated carbocycles. The topological polar surface area (TPSA) is 21.3 Å². The Hall–Kier alpha value is -1.35. The van der Waals surface area contributed by atoms with Crippen molar-refractivity contribution in [1.29, 1.82) is 0 Å². The molecule has 106 valence electrons. The first kappa shape index (κ1) is 15.0. The van der Waals surface area contributed by atoms with Gasteiger partial charge in [0.2, 0.25) is 0 Å². The summed E-state index contributed by atoms with van der Waals surface area (Å²) in [5.41, 5.74) is 3.66. The Morgan fingerprint density at radius 1 is 1.10 bits per heavy atom. The normalized spacial score (nSPS) is 12.3. The standard InChI is InChI=1S/C17H20ClNO/c1-13(16-4-3-5-17(18)10-16)19-11-14-6-8-15(9-7-14)12-20-2/h3-10,13,19H,11-12H2,1-2H3. The van der Waals surface area contributed by atoms with Gasteiger partial charge in [-0.3, -0.25) is 0 Å². The molecule has 0 spiro atoms. The summed E-state index contributed by atoms with van der Waals surface area (Å²) in [4.78, 5) is 0. The number of hydrogen-bond acceptors (Lipinski definition) is 2. The quantitative estimate of drug-likeness (QED) is 0.854. The van der Waals surface area contributed by atoms with Crippen LogP contribution in [0.3, 0.4) is 0 Å². The van der Waals surface area contributed by atoms with E-state index < -0.39 is 0 Å². The third-order valence-corrected chi connectivity index (χ3v) is 3.53. The van der Waals surface area contributed by atoms with Crippen LogP contribution in [-0.4, -0.2) is 7.11 Å². The summed E-state index contributed by atoms with van der Waals surface area (Å²) < 4.78 is 5.11. The van der Waals surface area contributed by atoms with Gasteiger partial charge >= 0.3 is 0 Å². The summed E-state index contributed by atoms with van der Waals surface area (Å²) in [5.74, 6) is 0. The summed E-state index contributed by atoms with van der Waals surface area (Å²) in [6.45, 7) is 3.64. The van der Waals surface area contributed by atoms with Crippen molar-refractivity contribution in [1.82, 2.24) is 5.32 Å². The minimum absolute atomic E-state index is 0.271. The summed E-state index contributed by atoms with van der Waals surface area (Å²) in [7, 11) is 1.71. The first-order valence-electron chi connectivity index (χ1n) is 6.74. The second kappa shape index (κ2) is 7.44. The van der Waals surface area contributed by atoms with Gasteiger partial charge in [0.15, 0.2) is 0 Å². The molecular weight excluding hydrogens is 270 g/mol. The van der Waals surface area contributed by atoms with E-state index in [4.69, 9.17) is 16.3 Å². The Bertz CT molecular complexity index is 539. The highest BCUT2D eigenvalue weighted by atomic mass is 35.5. The molecule has 0 fully saturated rings. The summed E-state index contributed by atoms with van der Waals surface area (Å²) >= 11 is 6.01. The van der Waals surface area contributed by atoms with Crippen molar-refractivity contribution < 1.29 is 4.74 Å². The number of nitrogens with one attached hydrogen (secondary N) is 1. The van der Waals surface area contributed by atoms with Gasteiger partial charge < -0.3 is 10.1 Å². The van der Waals surface area contributed by atoms with Gasteiger partial charge in [-0.15, -0.1) is 0 Å². The number of rotatable bonds is 6. The van der Waals surface area contributed by atoms with Crippen molar-refractivity contribution in [2.24, 2.45) is 0 Å². The fraction of sp³-hybridized carbons (Fsp3) is 0.294. The number of ether oxygens (including phenoxy) is 1. The molecule has 2 aromatic carbocycles. The first-order valence-corrected chi connectivity index (χ1v) is 7.12.